The molecule has 0 aliphatic heterocycles. The van der Waals surface area contributed by atoms with E-state index in [0.717, 1.165) is 28.6 Å². The van der Waals surface area contributed by atoms with Crippen molar-refractivity contribution in [2.45, 2.75) is 72.1 Å². The van der Waals surface area contributed by atoms with E-state index in [4.69, 9.17) is 0 Å². The monoisotopic (exact) mass is 232 g/mol. The molecule has 5 unspecified atom stereocenters. The van der Waals surface area contributed by atoms with E-state index in [2.05, 4.69) is 20.8 Å². The maximum Gasteiger partial charge on any atom is -0.0145 e. The van der Waals surface area contributed by atoms with Gasteiger partial charge in [-0.05, 0) is 66.1 Å². The molecule has 0 radical (unpaired) electrons. The van der Waals surface area contributed by atoms with Crippen molar-refractivity contribution in [3.8, 4) is 0 Å². The Balaban J connectivity index is 1.80. The van der Waals surface area contributed by atoms with Crippen LogP contribution in [-0.2, 0) is 0 Å². The number of hydrogen-bond acceptors (Lipinski definition) is 0. The first-order chi connectivity index (χ1) is 8.06. The average Bonchev–Trinajstić information content (AvgIpc) is 2.60. The van der Waals surface area contributed by atoms with E-state index in [-0.39, 0.29) is 0 Å². The van der Waals surface area contributed by atoms with Crippen molar-refractivity contribution in [2.24, 2.45) is 34.0 Å². The Bertz CT molecular complexity index is 355. The highest BCUT2D eigenvalue weighted by Crippen LogP contribution is 2.93. The Morgan fingerprint density at radius 3 is 2.47 bits per heavy atom. The molecule has 0 N–H and O–H groups in total. The van der Waals surface area contributed by atoms with Gasteiger partial charge >= 0.3 is 0 Å². The van der Waals surface area contributed by atoms with Crippen LogP contribution in [0.15, 0.2) is 0 Å². The summed E-state index contributed by atoms with van der Waals surface area (Å²) in [6.45, 7) is 7.79. The van der Waals surface area contributed by atoms with Crippen LogP contribution in [0.25, 0.3) is 0 Å². The predicted molar refractivity (Wildman–Crippen MR) is 71.7 cm³/mol. The molecule has 4 rings (SSSR count). The van der Waals surface area contributed by atoms with E-state index >= 15 is 0 Å². The van der Waals surface area contributed by atoms with Crippen LogP contribution in [0.2, 0.25) is 0 Å². The van der Waals surface area contributed by atoms with Gasteiger partial charge in [-0.25, -0.2) is 0 Å². The van der Waals surface area contributed by atoms with Gasteiger partial charge in [-0.15, -0.1) is 0 Å². The lowest BCUT2D eigenvalue weighted by Crippen LogP contribution is -2.28. The van der Waals surface area contributed by atoms with Crippen molar-refractivity contribution in [1.29, 1.82) is 0 Å². The zero-order chi connectivity index (χ0) is 11.9. The molecule has 2 spiro atoms. The summed E-state index contributed by atoms with van der Waals surface area (Å²) in [5, 5.41) is 0. The third-order valence-corrected chi connectivity index (χ3v) is 7.98. The first-order valence-corrected chi connectivity index (χ1v) is 8.06. The van der Waals surface area contributed by atoms with Crippen molar-refractivity contribution < 1.29 is 0 Å². The van der Waals surface area contributed by atoms with E-state index in [1.54, 1.807) is 32.1 Å². The van der Waals surface area contributed by atoms with Crippen LogP contribution in [-0.4, -0.2) is 0 Å². The summed E-state index contributed by atoms with van der Waals surface area (Å²) in [5.74, 6) is 3.23. The summed E-state index contributed by atoms with van der Waals surface area (Å²) >= 11 is 0. The zero-order valence-electron chi connectivity index (χ0n) is 11.9. The lowest BCUT2D eigenvalue weighted by atomic mass is 9.68. The molecular formula is C17H28. The smallest absolute Gasteiger partial charge is 0.0145 e. The van der Waals surface area contributed by atoms with Crippen molar-refractivity contribution in [3.05, 3.63) is 0 Å². The number of rotatable bonds is 0. The van der Waals surface area contributed by atoms with Crippen LogP contribution in [0.5, 0.6) is 0 Å². The molecule has 0 bridgehead atoms. The van der Waals surface area contributed by atoms with E-state index in [9.17, 15) is 0 Å². The molecule has 0 heterocycles. The van der Waals surface area contributed by atoms with Crippen LogP contribution < -0.4 is 0 Å². The Morgan fingerprint density at radius 1 is 0.882 bits per heavy atom. The van der Waals surface area contributed by atoms with Crippen LogP contribution in [0.4, 0.5) is 0 Å². The molecule has 17 heavy (non-hydrogen) atoms. The molecule has 0 nitrogen and oxygen atoms in total. The summed E-state index contributed by atoms with van der Waals surface area (Å²) in [7, 11) is 0. The van der Waals surface area contributed by atoms with Gasteiger partial charge in [0.2, 0.25) is 0 Å². The molecule has 0 amide bonds. The maximum atomic E-state index is 2.63. The fourth-order valence-corrected chi connectivity index (χ4v) is 7.63. The van der Waals surface area contributed by atoms with Gasteiger partial charge < -0.3 is 0 Å². The highest BCUT2D eigenvalue weighted by molar-refractivity contribution is 5.35. The van der Waals surface area contributed by atoms with Gasteiger partial charge in [0.05, 0.1) is 0 Å². The second kappa shape index (κ2) is 2.94. The molecule has 0 saturated heterocycles. The van der Waals surface area contributed by atoms with Gasteiger partial charge in [-0.1, -0.05) is 40.0 Å². The van der Waals surface area contributed by atoms with Gasteiger partial charge in [0.1, 0.15) is 0 Å². The Morgan fingerprint density at radius 2 is 1.65 bits per heavy atom. The van der Waals surface area contributed by atoms with Crippen molar-refractivity contribution in [2.75, 3.05) is 0 Å². The first kappa shape index (κ1) is 10.9. The third kappa shape index (κ3) is 0.901. The minimum Gasteiger partial charge on any atom is -0.0625 e. The molecule has 0 aromatic carbocycles. The molecule has 4 aliphatic rings. The summed E-state index contributed by atoms with van der Waals surface area (Å²) in [5.41, 5.74) is 2.28. The van der Waals surface area contributed by atoms with Gasteiger partial charge in [-0.2, -0.15) is 0 Å². The van der Waals surface area contributed by atoms with Gasteiger partial charge in [0.15, 0.2) is 0 Å². The lowest BCUT2D eigenvalue weighted by Gasteiger charge is -2.36. The molecule has 0 aromatic heterocycles. The normalized spacial score (nSPS) is 59.1. The van der Waals surface area contributed by atoms with Crippen LogP contribution >= 0.6 is 0 Å². The quantitative estimate of drug-likeness (QED) is 0.549. The molecule has 4 saturated carbocycles. The second-order valence-electron chi connectivity index (χ2n) is 8.33. The van der Waals surface area contributed by atoms with Gasteiger partial charge in [0.25, 0.3) is 0 Å². The molecule has 0 heteroatoms. The van der Waals surface area contributed by atoms with E-state index in [1.165, 1.54) is 19.3 Å². The zero-order valence-corrected chi connectivity index (χ0v) is 11.9. The minimum absolute atomic E-state index is 0.683. The lowest BCUT2D eigenvalue weighted by molar-refractivity contribution is 0.131. The van der Waals surface area contributed by atoms with Crippen molar-refractivity contribution in [1.82, 2.24) is 0 Å². The Kier molecular flexibility index (Phi) is 1.88. The Hall–Kier alpha value is 0. The first-order valence-electron chi connectivity index (χ1n) is 8.06. The molecule has 5 atom stereocenters. The van der Waals surface area contributed by atoms with Crippen molar-refractivity contribution in [3.63, 3.8) is 0 Å². The van der Waals surface area contributed by atoms with Crippen molar-refractivity contribution >= 4 is 0 Å². The summed E-state index contributed by atoms with van der Waals surface area (Å²) in [6.07, 6.45) is 12.5. The molecule has 4 fully saturated rings. The van der Waals surface area contributed by atoms with E-state index < -0.39 is 0 Å². The molecule has 96 valence electrons. The second-order valence-corrected chi connectivity index (χ2v) is 8.33. The van der Waals surface area contributed by atoms with Gasteiger partial charge in [0, 0.05) is 0 Å². The number of hydrogen-bond donors (Lipinski definition) is 0. The summed E-state index contributed by atoms with van der Waals surface area (Å²) < 4.78 is 0. The van der Waals surface area contributed by atoms with E-state index in [1.807, 2.05) is 0 Å². The molecular weight excluding hydrogens is 204 g/mol. The standard InChI is InChI=1S/C17H28/c1-12-7-8-14-10-13-6-4-5-9-16(13)15(2,3)17(14,16)11-12/h12-14H,4-11H2,1-3H3. The average molecular weight is 232 g/mol. The van der Waals surface area contributed by atoms with Crippen LogP contribution in [0.1, 0.15) is 72.1 Å². The largest absolute Gasteiger partial charge is 0.0625 e. The SMILES string of the molecule is CC1CCC2CC3CCCCC34C(C)(C)C24C1. The predicted octanol–water partition coefficient (Wildman–Crippen LogP) is 5.03. The summed E-state index contributed by atoms with van der Waals surface area (Å²) in [6, 6.07) is 0. The van der Waals surface area contributed by atoms with E-state index in [0.29, 0.717) is 5.41 Å². The summed E-state index contributed by atoms with van der Waals surface area (Å²) in [4.78, 5) is 0. The third-order valence-electron chi connectivity index (χ3n) is 7.98. The van der Waals surface area contributed by atoms with Crippen LogP contribution in [0, 0.1) is 34.0 Å². The Labute approximate surface area is 107 Å². The highest BCUT2D eigenvalue weighted by Gasteiger charge is 2.88. The van der Waals surface area contributed by atoms with Crippen LogP contribution in [0.3, 0.4) is 0 Å². The van der Waals surface area contributed by atoms with Gasteiger partial charge in [-0.3, -0.25) is 0 Å². The maximum absolute atomic E-state index is 2.63. The minimum atomic E-state index is 0.683. The fraction of sp³-hybridized carbons (Fsp3) is 1.00. The highest BCUT2D eigenvalue weighted by atomic mass is 14.9. The molecule has 4 aliphatic carbocycles. The fourth-order valence-electron chi connectivity index (χ4n) is 7.63. The molecule has 0 aromatic rings. The topological polar surface area (TPSA) is 0 Å².